The normalized spacial score (nSPS) is 24.1. The van der Waals surface area contributed by atoms with Gasteiger partial charge in [-0.05, 0) is 37.8 Å². The van der Waals surface area contributed by atoms with Crippen LogP contribution in [0.1, 0.15) is 59.6 Å². The van der Waals surface area contributed by atoms with Gasteiger partial charge in [0.05, 0.1) is 23.2 Å². The van der Waals surface area contributed by atoms with Gasteiger partial charge in [-0.2, -0.15) is 0 Å². The van der Waals surface area contributed by atoms with Crippen LogP contribution < -0.4 is 4.90 Å². The first kappa shape index (κ1) is 15.4. The van der Waals surface area contributed by atoms with E-state index in [-0.39, 0.29) is 11.7 Å². The summed E-state index contributed by atoms with van der Waals surface area (Å²) in [5.74, 6) is 2.54. The van der Waals surface area contributed by atoms with E-state index >= 15 is 0 Å². The Hall–Kier alpha value is -2.17. The Balaban J connectivity index is 1.68. The molecule has 3 heterocycles. The van der Waals surface area contributed by atoms with Crippen molar-refractivity contribution < 1.29 is 9.21 Å². The van der Waals surface area contributed by atoms with Crippen LogP contribution >= 0.6 is 0 Å². The number of anilines is 1. The predicted molar refractivity (Wildman–Crippen MR) is 91.5 cm³/mol. The standard InChI is InChI=1S/C19H23N3O2/c1-12-5-3-7-22(11-12)19-20-13(2)18-15(21-19)9-14(10-16(18)23)17-6-4-8-24-17/h4,6,8,12,14H,3,5,7,9-11H2,1-2H3/t12-,14+/m0/s1. The van der Waals surface area contributed by atoms with Crippen molar-refractivity contribution >= 4 is 11.7 Å². The predicted octanol–water partition coefficient (Wildman–Crippen LogP) is 3.53. The SMILES string of the molecule is Cc1nc(N2CCC[C@H](C)C2)nc2c1C(=O)C[C@H](c1ccco1)C2. The van der Waals surface area contributed by atoms with Crippen molar-refractivity contribution in [3.05, 3.63) is 41.1 Å². The number of hydrogen-bond acceptors (Lipinski definition) is 5. The van der Waals surface area contributed by atoms with Gasteiger partial charge in [0, 0.05) is 31.8 Å². The van der Waals surface area contributed by atoms with Crippen LogP contribution in [0.15, 0.2) is 22.8 Å². The summed E-state index contributed by atoms with van der Waals surface area (Å²) < 4.78 is 5.52. The number of ketones is 1. The number of fused-ring (bicyclic) bond motifs is 1. The highest BCUT2D eigenvalue weighted by Gasteiger charge is 2.32. The van der Waals surface area contributed by atoms with Crippen molar-refractivity contribution in [1.82, 2.24) is 9.97 Å². The number of aryl methyl sites for hydroxylation is 1. The number of piperidine rings is 1. The van der Waals surface area contributed by atoms with Crippen molar-refractivity contribution in [3.63, 3.8) is 0 Å². The summed E-state index contributed by atoms with van der Waals surface area (Å²) in [6, 6.07) is 3.82. The molecule has 1 fully saturated rings. The molecule has 2 aliphatic rings. The maximum Gasteiger partial charge on any atom is 0.225 e. The van der Waals surface area contributed by atoms with Gasteiger partial charge in [0.15, 0.2) is 5.78 Å². The van der Waals surface area contributed by atoms with E-state index in [0.717, 1.165) is 48.2 Å². The molecule has 5 heteroatoms. The molecule has 1 aliphatic heterocycles. The zero-order chi connectivity index (χ0) is 16.7. The van der Waals surface area contributed by atoms with Crippen LogP contribution in [0.3, 0.4) is 0 Å². The summed E-state index contributed by atoms with van der Waals surface area (Å²) in [4.78, 5) is 24.3. The Labute approximate surface area is 142 Å². The second-order valence-corrected chi connectivity index (χ2v) is 7.17. The monoisotopic (exact) mass is 325 g/mol. The maximum absolute atomic E-state index is 12.6. The van der Waals surface area contributed by atoms with E-state index in [2.05, 4.69) is 16.8 Å². The third-order valence-corrected chi connectivity index (χ3v) is 5.19. The van der Waals surface area contributed by atoms with Crippen LogP contribution in [0, 0.1) is 12.8 Å². The van der Waals surface area contributed by atoms with Crippen molar-refractivity contribution in [1.29, 1.82) is 0 Å². The average Bonchev–Trinajstić information content (AvgIpc) is 3.08. The number of furan rings is 1. The van der Waals surface area contributed by atoms with E-state index in [0.29, 0.717) is 12.3 Å². The minimum atomic E-state index is 0.0856. The number of Topliss-reactive ketones (excluding diaryl/α,β-unsaturated/α-hetero) is 1. The Morgan fingerprint density at radius 3 is 2.92 bits per heavy atom. The molecular weight excluding hydrogens is 302 g/mol. The molecule has 2 aromatic heterocycles. The van der Waals surface area contributed by atoms with Crippen LogP contribution in [-0.4, -0.2) is 28.8 Å². The molecule has 126 valence electrons. The van der Waals surface area contributed by atoms with Crippen LogP contribution in [0.25, 0.3) is 0 Å². The number of aromatic nitrogens is 2. The van der Waals surface area contributed by atoms with Crippen LogP contribution in [0.2, 0.25) is 0 Å². The first-order chi connectivity index (χ1) is 11.6. The van der Waals surface area contributed by atoms with Gasteiger partial charge in [0.1, 0.15) is 5.76 Å². The fourth-order valence-corrected chi connectivity index (χ4v) is 4.00. The topological polar surface area (TPSA) is 59.2 Å². The molecular formula is C19H23N3O2. The highest BCUT2D eigenvalue weighted by molar-refractivity contribution is 5.99. The molecule has 0 unspecified atom stereocenters. The van der Waals surface area contributed by atoms with Gasteiger partial charge in [-0.15, -0.1) is 0 Å². The third kappa shape index (κ3) is 2.72. The second-order valence-electron chi connectivity index (χ2n) is 7.17. The summed E-state index contributed by atoms with van der Waals surface area (Å²) in [6.07, 6.45) is 5.33. The maximum atomic E-state index is 12.6. The van der Waals surface area contributed by atoms with Gasteiger partial charge >= 0.3 is 0 Å². The van der Waals surface area contributed by atoms with Crippen LogP contribution in [-0.2, 0) is 6.42 Å². The molecule has 2 atom stereocenters. The van der Waals surface area contributed by atoms with E-state index in [1.54, 1.807) is 6.26 Å². The second kappa shape index (κ2) is 6.04. The fraction of sp³-hybridized carbons (Fsp3) is 0.526. The van der Waals surface area contributed by atoms with Crippen LogP contribution in [0.4, 0.5) is 5.95 Å². The molecule has 1 saturated heterocycles. The smallest absolute Gasteiger partial charge is 0.225 e. The highest BCUT2D eigenvalue weighted by Crippen LogP contribution is 2.34. The van der Waals surface area contributed by atoms with E-state index in [9.17, 15) is 4.79 Å². The Morgan fingerprint density at radius 2 is 2.17 bits per heavy atom. The summed E-state index contributed by atoms with van der Waals surface area (Å²) >= 11 is 0. The minimum Gasteiger partial charge on any atom is -0.469 e. The van der Waals surface area contributed by atoms with Gasteiger partial charge in [-0.3, -0.25) is 4.79 Å². The first-order valence-electron chi connectivity index (χ1n) is 8.81. The number of carbonyl (C=O) groups is 1. The van der Waals surface area contributed by atoms with Crippen molar-refractivity contribution in [2.24, 2.45) is 5.92 Å². The lowest BCUT2D eigenvalue weighted by atomic mass is 9.84. The fourth-order valence-electron chi connectivity index (χ4n) is 4.00. The number of nitrogens with zero attached hydrogens (tertiary/aromatic N) is 3. The Morgan fingerprint density at radius 1 is 1.29 bits per heavy atom. The Kier molecular flexibility index (Phi) is 3.87. The lowest BCUT2D eigenvalue weighted by Gasteiger charge is -2.32. The summed E-state index contributed by atoms with van der Waals surface area (Å²) in [7, 11) is 0. The molecule has 0 bridgehead atoms. The van der Waals surface area contributed by atoms with E-state index in [4.69, 9.17) is 9.40 Å². The molecule has 24 heavy (non-hydrogen) atoms. The number of carbonyl (C=O) groups excluding carboxylic acids is 1. The van der Waals surface area contributed by atoms with E-state index in [1.165, 1.54) is 12.8 Å². The average molecular weight is 325 g/mol. The molecule has 0 amide bonds. The molecule has 5 nitrogen and oxygen atoms in total. The summed E-state index contributed by atoms with van der Waals surface area (Å²) in [5, 5.41) is 0. The zero-order valence-corrected chi connectivity index (χ0v) is 14.3. The van der Waals surface area contributed by atoms with Gasteiger partial charge in [-0.25, -0.2) is 9.97 Å². The van der Waals surface area contributed by atoms with E-state index < -0.39 is 0 Å². The van der Waals surface area contributed by atoms with Crippen molar-refractivity contribution in [3.8, 4) is 0 Å². The molecule has 4 rings (SSSR count). The molecule has 2 aromatic rings. The quantitative estimate of drug-likeness (QED) is 0.845. The Bertz CT molecular complexity index is 754. The van der Waals surface area contributed by atoms with Crippen molar-refractivity contribution in [2.45, 2.75) is 45.4 Å². The lowest BCUT2D eigenvalue weighted by Crippen LogP contribution is -2.36. The highest BCUT2D eigenvalue weighted by atomic mass is 16.3. The minimum absolute atomic E-state index is 0.0856. The molecule has 0 radical (unpaired) electrons. The first-order valence-corrected chi connectivity index (χ1v) is 8.81. The van der Waals surface area contributed by atoms with Crippen LogP contribution in [0.5, 0.6) is 0 Å². The van der Waals surface area contributed by atoms with Crippen molar-refractivity contribution in [2.75, 3.05) is 18.0 Å². The molecule has 0 saturated carbocycles. The number of hydrogen-bond donors (Lipinski definition) is 0. The molecule has 1 aliphatic carbocycles. The van der Waals surface area contributed by atoms with Gasteiger partial charge in [-0.1, -0.05) is 6.92 Å². The molecule has 0 spiro atoms. The number of rotatable bonds is 2. The van der Waals surface area contributed by atoms with Gasteiger partial charge in [0.25, 0.3) is 0 Å². The van der Waals surface area contributed by atoms with Gasteiger partial charge < -0.3 is 9.32 Å². The zero-order valence-electron chi connectivity index (χ0n) is 14.3. The summed E-state index contributed by atoms with van der Waals surface area (Å²) in [6.45, 7) is 6.20. The molecule has 0 aromatic carbocycles. The molecule has 0 N–H and O–H groups in total. The van der Waals surface area contributed by atoms with E-state index in [1.807, 2.05) is 19.1 Å². The third-order valence-electron chi connectivity index (χ3n) is 5.19. The van der Waals surface area contributed by atoms with Gasteiger partial charge in [0.2, 0.25) is 5.95 Å². The summed E-state index contributed by atoms with van der Waals surface area (Å²) in [5.41, 5.74) is 2.43. The lowest BCUT2D eigenvalue weighted by molar-refractivity contribution is 0.0958. The largest absolute Gasteiger partial charge is 0.469 e.